The van der Waals surface area contributed by atoms with Crippen LogP contribution in [0.2, 0.25) is 5.02 Å². The van der Waals surface area contributed by atoms with Gasteiger partial charge in [-0.3, -0.25) is 9.10 Å². The summed E-state index contributed by atoms with van der Waals surface area (Å²) in [5, 5.41) is 2.49. The number of nitrogens with zero attached hydrogens (tertiary/aromatic N) is 2. The quantitative estimate of drug-likeness (QED) is 0.561. The molecule has 2 aromatic carbocycles. The highest BCUT2D eigenvalue weighted by molar-refractivity contribution is 7.92. The van der Waals surface area contributed by atoms with Crippen LogP contribution in [0.4, 0.5) is 24.5 Å². The van der Waals surface area contributed by atoms with Gasteiger partial charge < -0.3 is 10.2 Å². The number of rotatable bonds is 7. The minimum atomic E-state index is -4.69. The van der Waals surface area contributed by atoms with E-state index in [-0.39, 0.29) is 5.02 Å². The third kappa shape index (κ3) is 6.56. The minimum Gasteiger partial charge on any atom is -0.372 e. The number of anilines is 2. The minimum absolute atomic E-state index is 0.215. The summed E-state index contributed by atoms with van der Waals surface area (Å²) in [7, 11) is -4.10. The van der Waals surface area contributed by atoms with Gasteiger partial charge in [0, 0.05) is 18.8 Å². The highest BCUT2D eigenvalue weighted by atomic mass is 35.5. The van der Waals surface area contributed by atoms with Gasteiger partial charge in [-0.2, -0.15) is 13.2 Å². The van der Waals surface area contributed by atoms with Gasteiger partial charge in [-0.1, -0.05) is 23.7 Å². The van der Waals surface area contributed by atoms with Crippen molar-refractivity contribution in [2.24, 2.45) is 0 Å². The topological polar surface area (TPSA) is 69.7 Å². The van der Waals surface area contributed by atoms with E-state index in [4.69, 9.17) is 11.6 Å². The van der Waals surface area contributed by atoms with E-state index < -0.39 is 45.9 Å². The SMILES string of the molecule is CC(NC(=O)CN(c1cc(C(F)(F)F)ccc1Cl)S(C)(=O)=O)c1ccc(N2CCCCC2)cc1. The molecule has 1 aliphatic heterocycles. The molecule has 1 unspecified atom stereocenters. The van der Waals surface area contributed by atoms with Crippen molar-refractivity contribution < 1.29 is 26.4 Å². The summed E-state index contributed by atoms with van der Waals surface area (Å²) < 4.78 is 64.6. The maximum absolute atomic E-state index is 13.1. The number of nitrogens with one attached hydrogen (secondary N) is 1. The molecule has 186 valence electrons. The summed E-state index contributed by atoms with van der Waals surface area (Å²) in [5.41, 5.74) is 0.442. The van der Waals surface area contributed by atoms with Crippen LogP contribution in [-0.2, 0) is 21.0 Å². The number of amides is 1. The summed E-state index contributed by atoms with van der Waals surface area (Å²) in [6.45, 7) is 3.04. The lowest BCUT2D eigenvalue weighted by molar-refractivity contribution is -0.137. The van der Waals surface area contributed by atoms with E-state index in [0.29, 0.717) is 10.4 Å². The third-order valence-electron chi connectivity index (χ3n) is 5.72. The van der Waals surface area contributed by atoms with Gasteiger partial charge in [-0.05, 0) is 62.1 Å². The van der Waals surface area contributed by atoms with Crippen molar-refractivity contribution in [1.82, 2.24) is 5.32 Å². The Bertz CT molecular complexity index is 1120. The molecule has 6 nitrogen and oxygen atoms in total. The lowest BCUT2D eigenvalue weighted by Gasteiger charge is -2.29. The normalized spacial score (nSPS) is 15.6. The van der Waals surface area contributed by atoms with E-state index in [1.54, 1.807) is 6.92 Å². The third-order valence-corrected chi connectivity index (χ3v) is 7.17. The number of carbonyl (C=O) groups excluding carboxylic acids is 1. The first kappa shape index (κ1) is 26.2. The van der Waals surface area contributed by atoms with E-state index in [9.17, 15) is 26.4 Å². The molecule has 2 aromatic rings. The molecule has 1 N–H and O–H groups in total. The van der Waals surface area contributed by atoms with Crippen LogP contribution < -0.4 is 14.5 Å². The molecular weight excluding hydrogens is 491 g/mol. The van der Waals surface area contributed by atoms with E-state index in [0.717, 1.165) is 55.6 Å². The van der Waals surface area contributed by atoms with Crippen LogP contribution >= 0.6 is 11.6 Å². The molecule has 1 amide bonds. The number of piperidine rings is 1. The van der Waals surface area contributed by atoms with Crippen LogP contribution in [0.1, 0.15) is 43.4 Å². The molecule has 1 atom stereocenters. The Morgan fingerprint density at radius 1 is 1.12 bits per heavy atom. The fourth-order valence-corrected chi connectivity index (χ4v) is 5.02. The van der Waals surface area contributed by atoms with Gasteiger partial charge in [0.05, 0.1) is 28.6 Å². The van der Waals surface area contributed by atoms with Crippen molar-refractivity contribution in [3.05, 3.63) is 58.6 Å². The Morgan fingerprint density at radius 2 is 1.74 bits per heavy atom. The second kappa shape index (κ2) is 10.4. The summed E-state index contributed by atoms with van der Waals surface area (Å²) >= 11 is 6.00. The predicted molar refractivity (Wildman–Crippen MR) is 128 cm³/mol. The number of carbonyl (C=O) groups is 1. The first-order valence-electron chi connectivity index (χ1n) is 10.8. The first-order valence-corrected chi connectivity index (χ1v) is 13.1. The Hall–Kier alpha value is -2.46. The number of hydrogen-bond acceptors (Lipinski definition) is 4. The zero-order valence-corrected chi connectivity index (χ0v) is 20.5. The number of alkyl halides is 3. The standard InChI is InChI=1S/C23H27ClF3N3O3S/c1-16(17-6-9-19(10-7-17)29-12-4-3-5-13-29)28-22(31)15-30(34(2,32)33)21-14-18(23(25,26)27)8-11-20(21)24/h6-11,14,16H,3-5,12-13,15H2,1-2H3,(H,28,31). The van der Waals surface area contributed by atoms with E-state index in [1.807, 2.05) is 24.3 Å². The first-order chi connectivity index (χ1) is 15.9. The van der Waals surface area contributed by atoms with Gasteiger partial charge in [-0.15, -0.1) is 0 Å². The maximum Gasteiger partial charge on any atom is 0.416 e. The van der Waals surface area contributed by atoms with Crippen LogP contribution in [0.25, 0.3) is 0 Å². The van der Waals surface area contributed by atoms with Gasteiger partial charge >= 0.3 is 6.18 Å². The smallest absolute Gasteiger partial charge is 0.372 e. The molecule has 0 bridgehead atoms. The molecule has 34 heavy (non-hydrogen) atoms. The zero-order valence-electron chi connectivity index (χ0n) is 18.9. The molecule has 0 radical (unpaired) electrons. The number of halogens is 4. The average Bonchev–Trinajstić information content (AvgIpc) is 2.77. The Kier molecular flexibility index (Phi) is 8.02. The van der Waals surface area contributed by atoms with Crippen molar-refractivity contribution in [2.45, 2.75) is 38.4 Å². The summed E-state index contributed by atoms with van der Waals surface area (Å²) in [6, 6.07) is 9.65. The molecule has 1 saturated heterocycles. The second-order valence-corrected chi connectivity index (χ2v) is 10.7. The van der Waals surface area contributed by atoms with E-state index >= 15 is 0 Å². The zero-order chi connectivity index (χ0) is 25.1. The second-order valence-electron chi connectivity index (χ2n) is 8.36. The van der Waals surface area contributed by atoms with Crippen LogP contribution in [0.3, 0.4) is 0 Å². The molecular formula is C23H27ClF3N3O3S. The summed E-state index contributed by atoms with van der Waals surface area (Å²) in [6.07, 6.45) is -0.352. The Labute approximate surface area is 202 Å². The van der Waals surface area contributed by atoms with Crippen LogP contribution in [0.5, 0.6) is 0 Å². The van der Waals surface area contributed by atoms with Crippen LogP contribution in [0, 0.1) is 0 Å². The molecule has 0 saturated carbocycles. The molecule has 0 spiro atoms. The molecule has 1 heterocycles. The number of sulfonamides is 1. The predicted octanol–water partition coefficient (Wildman–Crippen LogP) is 4.99. The lowest BCUT2D eigenvalue weighted by atomic mass is 10.1. The Morgan fingerprint density at radius 3 is 2.29 bits per heavy atom. The highest BCUT2D eigenvalue weighted by Crippen LogP contribution is 2.36. The summed E-state index contributed by atoms with van der Waals surface area (Å²) in [4.78, 5) is 15.0. The highest BCUT2D eigenvalue weighted by Gasteiger charge is 2.33. The van der Waals surface area contributed by atoms with Crippen molar-refractivity contribution >= 4 is 38.9 Å². The molecule has 1 fully saturated rings. The largest absolute Gasteiger partial charge is 0.416 e. The lowest BCUT2D eigenvalue weighted by Crippen LogP contribution is -2.41. The molecule has 0 aromatic heterocycles. The fraction of sp³-hybridized carbons (Fsp3) is 0.435. The number of hydrogen-bond donors (Lipinski definition) is 1. The monoisotopic (exact) mass is 517 g/mol. The van der Waals surface area contributed by atoms with E-state index in [2.05, 4.69) is 10.2 Å². The number of benzene rings is 2. The van der Waals surface area contributed by atoms with Gasteiger partial charge in [0.25, 0.3) is 0 Å². The van der Waals surface area contributed by atoms with Crippen LogP contribution in [-0.4, -0.2) is 40.2 Å². The van der Waals surface area contributed by atoms with Crippen molar-refractivity contribution in [1.29, 1.82) is 0 Å². The van der Waals surface area contributed by atoms with Gasteiger partial charge in [0.1, 0.15) is 6.54 Å². The average molecular weight is 518 g/mol. The maximum atomic E-state index is 13.1. The van der Waals surface area contributed by atoms with Crippen molar-refractivity contribution in [2.75, 3.05) is 35.1 Å². The van der Waals surface area contributed by atoms with Gasteiger partial charge in [-0.25, -0.2) is 8.42 Å². The van der Waals surface area contributed by atoms with Crippen molar-refractivity contribution in [3.8, 4) is 0 Å². The molecule has 3 rings (SSSR count). The van der Waals surface area contributed by atoms with Gasteiger partial charge in [0.15, 0.2) is 0 Å². The van der Waals surface area contributed by atoms with E-state index in [1.165, 1.54) is 6.42 Å². The van der Waals surface area contributed by atoms with Crippen LogP contribution in [0.15, 0.2) is 42.5 Å². The Balaban J connectivity index is 1.73. The molecule has 11 heteroatoms. The fourth-order valence-electron chi connectivity index (χ4n) is 3.89. The molecule has 0 aliphatic carbocycles. The molecule has 1 aliphatic rings. The van der Waals surface area contributed by atoms with Gasteiger partial charge in [0.2, 0.25) is 15.9 Å². The van der Waals surface area contributed by atoms with Crippen molar-refractivity contribution in [3.63, 3.8) is 0 Å². The summed E-state index contributed by atoms with van der Waals surface area (Å²) in [5.74, 6) is -0.675.